The second-order valence-electron chi connectivity index (χ2n) is 6.51. The Morgan fingerprint density at radius 1 is 1.04 bits per heavy atom. The number of amides is 3. The molecule has 3 amide bonds. The zero-order chi connectivity index (χ0) is 19.1. The number of nitrogens with two attached hydrogens (primary N) is 1. The zero-order valence-electron chi connectivity index (χ0n) is 15.4. The molecule has 0 saturated carbocycles. The molecule has 1 atom stereocenters. The molecule has 7 heteroatoms. The molecule has 0 radical (unpaired) electrons. The van der Waals surface area contributed by atoms with Crippen molar-refractivity contribution in [3.8, 4) is 0 Å². The molecule has 0 spiro atoms. The lowest BCUT2D eigenvalue weighted by Crippen LogP contribution is -2.43. The molecule has 0 aromatic heterocycles. The van der Waals surface area contributed by atoms with E-state index >= 15 is 0 Å². The van der Waals surface area contributed by atoms with Crippen LogP contribution >= 0.6 is 0 Å². The van der Waals surface area contributed by atoms with Gasteiger partial charge < -0.3 is 21.1 Å². The Labute approximate surface area is 148 Å². The molecule has 0 unspecified atom stereocenters. The summed E-state index contributed by atoms with van der Waals surface area (Å²) in [5.74, 6) is -0.697. The number of para-hydroxylation sites is 1. The highest BCUT2D eigenvalue weighted by Crippen LogP contribution is 2.32. The monoisotopic (exact) mass is 349 g/mol. The van der Waals surface area contributed by atoms with Crippen LogP contribution in [0.25, 0.3) is 0 Å². The molecule has 0 aliphatic rings. The van der Waals surface area contributed by atoms with Crippen molar-refractivity contribution in [2.45, 2.75) is 52.5 Å². The van der Waals surface area contributed by atoms with Crippen molar-refractivity contribution in [3.05, 3.63) is 29.3 Å². The molecule has 4 N–H and O–H groups in total. The summed E-state index contributed by atoms with van der Waals surface area (Å²) in [6.45, 7) is 9.18. The minimum atomic E-state index is -0.917. The van der Waals surface area contributed by atoms with Crippen LogP contribution in [0, 0.1) is 0 Å². The maximum absolute atomic E-state index is 12.2. The maximum Gasteiger partial charge on any atom is 0.328 e. The summed E-state index contributed by atoms with van der Waals surface area (Å²) in [5, 5.41) is 5.05. The molecule has 0 bridgehead atoms. The number of urea groups is 1. The van der Waals surface area contributed by atoms with E-state index in [1.165, 1.54) is 6.92 Å². The van der Waals surface area contributed by atoms with Gasteiger partial charge in [-0.25, -0.2) is 9.59 Å². The van der Waals surface area contributed by atoms with E-state index in [0.717, 1.165) is 16.8 Å². The molecule has 0 aliphatic heterocycles. The summed E-state index contributed by atoms with van der Waals surface area (Å²) in [5.41, 5.74) is 7.75. The summed E-state index contributed by atoms with van der Waals surface area (Å²) >= 11 is 0. The van der Waals surface area contributed by atoms with E-state index in [1.807, 2.05) is 45.9 Å². The van der Waals surface area contributed by atoms with E-state index in [4.69, 9.17) is 10.5 Å². The van der Waals surface area contributed by atoms with Crippen molar-refractivity contribution in [3.63, 3.8) is 0 Å². The lowest BCUT2D eigenvalue weighted by Gasteiger charge is -2.20. The van der Waals surface area contributed by atoms with E-state index in [0.29, 0.717) is 0 Å². The van der Waals surface area contributed by atoms with Crippen LogP contribution in [0.1, 0.15) is 57.6 Å². The third-order valence-electron chi connectivity index (χ3n) is 3.70. The third kappa shape index (κ3) is 6.10. The van der Waals surface area contributed by atoms with Gasteiger partial charge in [0.25, 0.3) is 5.91 Å². The fourth-order valence-electron chi connectivity index (χ4n) is 2.40. The number of rotatable bonds is 7. The SMILES string of the molecule is CC(C)c1cccc(C(C)C)c1NC(=O)COC(=O)[C@@H](C)NC(N)=O. The Morgan fingerprint density at radius 2 is 1.56 bits per heavy atom. The highest BCUT2D eigenvalue weighted by molar-refractivity contribution is 5.95. The smallest absolute Gasteiger partial charge is 0.328 e. The van der Waals surface area contributed by atoms with E-state index < -0.39 is 30.6 Å². The topological polar surface area (TPSA) is 111 Å². The minimum absolute atomic E-state index is 0.233. The Morgan fingerprint density at radius 3 is 2.00 bits per heavy atom. The quantitative estimate of drug-likeness (QED) is 0.657. The number of carbonyl (C=O) groups excluding carboxylic acids is 3. The molecule has 1 aromatic carbocycles. The number of hydrogen-bond acceptors (Lipinski definition) is 4. The lowest BCUT2D eigenvalue weighted by molar-refractivity contribution is -0.148. The summed E-state index contributed by atoms with van der Waals surface area (Å²) < 4.78 is 4.92. The van der Waals surface area contributed by atoms with Crippen LogP contribution in [0.5, 0.6) is 0 Å². The number of hydrogen-bond donors (Lipinski definition) is 3. The van der Waals surface area contributed by atoms with Crippen molar-refractivity contribution in [2.24, 2.45) is 5.73 Å². The van der Waals surface area contributed by atoms with Gasteiger partial charge in [0.15, 0.2) is 6.61 Å². The van der Waals surface area contributed by atoms with Crippen molar-refractivity contribution < 1.29 is 19.1 Å². The fourth-order valence-corrected chi connectivity index (χ4v) is 2.40. The first-order valence-corrected chi connectivity index (χ1v) is 8.28. The van der Waals surface area contributed by atoms with Crippen LogP contribution in [0.15, 0.2) is 18.2 Å². The molecule has 0 fully saturated rings. The Hall–Kier alpha value is -2.57. The van der Waals surface area contributed by atoms with Crippen LogP contribution in [0.4, 0.5) is 10.5 Å². The summed E-state index contributed by atoms with van der Waals surface area (Å²) in [6, 6.07) is 4.16. The largest absolute Gasteiger partial charge is 0.454 e. The molecular weight excluding hydrogens is 322 g/mol. The first-order valence-electron chi connectivity index (χ1n) is 8.28. The molecule has 25 heavy (non-hydrogen) atoms. The predicted octanol–water partition coefficient (Wildman–Crippen LogP) is 2.47. The first kappa shape index (κ1) is 20.5. The van der Waals surface area contributed by atoms with Crippen LogP contribution in [-0.2, 0) is 14.3 Å². The normalized spacial score (nSPS) is 12.0. The average Bonchev–Trinajstić information content (AvgIpc) is 2.51. The number of carbonyl (C=O) groups is 3. The van der Waals surface area contributed by atoms with Gasteiger partial charge in [-0.15, -0.1) is 0 Å². The molecule has 1 aromatic rings. The molecule has 7 nitrogen and oxygen atoms in total. The van der Waals surface area contributed by atoms with Crippen LogP contribution < -0.4 is 16.4 Å². The highest BCUT2D eigenvalue weighted by atomic mass is 16.5. The van der Waals surface area contributed by atoms with E-state index in [9.17, 15) is 14.4 Å². The Balaban J connectivity index is 2.80. The number of esters is 1. The number of primary amides is 1. The van der Waals surface area contributed by atoms with Crippen molar-refractivity contribution in [1.82, 2.24) is 5.32 Å². The van der Waals surface area contributed by atoms with Gasteiger partial charge >= 0.3 is 12.0 Å². The van der Waals surface area contributed by atoms with Gasteiger partial charge in [-0.3, -0.25) is 4.79 Å². The number of nitrogens with one attached hydrogen (secondary N) is 2. The molecule has 0 heterocycles. The molecule has 0 saturated heterocycles. The zero-order valence-corrected chi connectivity index (χ0v) is 15.4. The van der Waals surface area contributed by atoms with E-state index in [1.54, 1.807) is 0 Å². The van der Waals surface area contributed by atoms with Gasteiger partial charge in [0.1, 0.15) is 6.04 Å². The second kappa shape index (κ2) is 9.05. The number of benzene rings is 1. The summed E-state index contributed by atoms with van der Waals surface area (Å²) in [6.07, 6.45) is 0. The molecular formula is C18H27N3O4. The predicted molar refractivity (Wildman–Crippen MR) is 96.4 cm³/mol. The third-order valence-corrected chi connectivity index (χ3v) is 3.70. The summed E-state index contributed by atoms with van der Waals surface area (Å²) in [7, 11) is 0. The van der Waals surface area contributed by atoms with Gasteiger partial charge in [-0.05, 0) is 29.9 Å². The van der Waals surface area contributed by atoms with Gasteiger partial charge in [0, 0.05) is 5.69 Å². The van der Waals surface area contributed by atoms with Gasteiger partial charge in [-0.1, -0.05) is 45.9 Å². The van der Waals surface area contributed by atoms with E-state index in [2.05, 4.69) is 10.6 Å². The minimum Gasteiger partial charge on any atom is -0.454 e. The number of ether oxygens (including phenoxy) is 1. The number of anilines is 1. The summed E-state index contributed by atoms with van der Waals surface area (Å²) in [4.78, 5) is 34.6. The molecule has 1 rings (SSSR count). The standard InChI is InChI=1S/C18H27N3O4/c1-10(2)13-7-6-8-14(11(3)4)16(13)21-15(22)9-25-17(23)12(5)20-18(19)24/h6-8,10-12H,9H2,1-5H3,(H,21,22)(H3,19,20,24)/t12-/m1/s1. The maximum atomic E-state index is 12.2. The van der Waals surface area contributed by atoms with E-state index in [-0.39, 0.29) is 11.8 Å². The Bertz CT molecular complexity index is 615. The average molecular weight is 349 g/mol. The Kier molecular flexibility index (Phi) is 7.42. The molecule has 0 aliphatic carbocycles. The van der Waals surface area contributed by atoms with Crippen molar-refractivity contribution in [1.29, 1.82) is 0 Å². The van der Waals surface area contributed by atoms with Crippen molar-refractivity contribution >= 4 is 23.6 Å². The molecule has 138 valence electrons. The van der Waals surface area contributed by atoms with Gasteiger partial charge in [0.05, 0.1) is 0 Å². The van der Waals surface area contributed by atoms with Crippen molar-refractivity contribution in [2.75, 3.05) is 11.9 Å². The van der Waals surface area contributed by atoms with Gasteiger partial charge in [-0.2, -0.15) is 0 Å². The highest BCUT2D eigenvalue weighted by Gasteiger charge is 2.19. The van der Waals surface area contributed by atoms with Crippen LogP contribution in [0.2, 0.25) is 0 Å². The van der Waals surface area contributed by atoms with Crippen LogP contribution in [0.3, 0.4) is 0 Å². The second-order valence-corrected chi connectivity index (χ2v) is 6.51. The fraction of sp³-hybridized carbons (Fsp3) is 0.500. The van der Waals surface area contributed by atoms with Gasteiger partial charge in [0.2, 0.25) is 0 Å². The lowest BCUT2D eigenvalue weighted by atomic mass is 9.92. The first-order chi connectivity index (χ1) is 11.6. The van der Waals surface area contributed by atoms with Crippen LogP contribution in [-0.4, -0.2) is 30.6 Å².